The number of hydrogen-bond donors (Lipinski definition) is 0. The molecule has 1 atom stereocenters. The van der Waals surface area contributed by atoms with E-state index in [4.69, 9.17) is 14.3 Å². The maximum Gasteiger partial charge on any atom is 0.223 e. The summed E-state index contributed by atoms with van der Waals surface area (Å²) in [4.78, 5) is 9.13. The molecule has 27 heavy (non-hydrogen) atoms. The molecule has 0 amide bonds. The zero-order valence-corrected chi connectivity index (χ0v) is 17.7. The van der Waals surface area contributed by atoms with E-state index < -0.39 is 0 Å². The molecule has 1 aliphatic heterocycles. The van der Waals surface area contributed by atoms with Crippen molar-refractivity contribution in [2.24, 2.45) is 10.9 Å². The van der Waals surface area contributed by atoms with Crippen molar-refractivity contribution in [2.75, 3.05) is 12.4 Å². The summed E-state index contributed by atoms with van der Waals surface area (Å²) in [5.41, 5.74) is 3.16. The molecule has 0 bridgehead atoms. The number of rotatable bonds is 8. The van der Waals surface area contributed by atoms with Crippen LogP contribution in [0.4, 0.5) is 0 Å². The minimum Gasteiger partial charge on any atom is -0.493 e. The van der Waals surface area contributed by atoms with Gasteiger partial charge in [-0.25, -0.2) is 0 Å². The molecular formula is C21H29N3O2S. The van der Waals surface area contributed by atoms with Crippen LogP contribution in [0, 0.1) is 26.7 Å². The fraction of sp³-hybridized carbons (Fsp3) is 0.571. The molecule has 0 saturated carbocycles. The lowest BCUT2D eigenvalue weighted by Crippen LogP contribution is -2.11. The first-order valence-electron chi connectivity index (χ1n) is 9.68. The molecule has 146 valence electrons. The van der Waals surface area contributed by atoms with Crippen molar-refractivity contribution in [2.45, 2.75) is 59.9 Å². The summed E-state index contributed by atoms with van der Waals surface area (Å²) in [5, 5.41) is 5.32. The topological polar surface area (TPSA) is 60.5 Å². The molecule has 0 saturated heterocycles. The standard InChI is InChI=1S/C21H29N3O2S/c1-13(2)18-12-27-19(23-18)8-6-7-9-25-20-14(3)10-17(11-15(20)4)21-22-16(5)26-24-21/h10-11,13,18H,6-9,12H2,1-5H3. The second kappa shape index (κ2) is 8.91. The van der Waals surface area contributed by atoms with Crippen molar-refractivity contribution in [1.82, 2.24) is 10.1 Å². The summed E-state index contributed by atoms with van der Waals surface area (Å²) in [7, 11) is 0. The number of aromatic nitrogens is 2. The first-order valence-corrected chi connectivity index (χ1v) is 10.7. The van der Waals surface area contributed by atoms with E-state index in [1.807, 2.05) is 11.8 Å². The van der Waals surface area contributed by atoms with Crippen LogP contribution in [0.3, 0.4) is 0 Å². The van der Waals surface area contributed by atoms with Crippen LogP contribution in [-0.2, 0) is 0 Å². The van der Waals surface area contributed by atoms with E-state index in [0.717, 1.165) is 54.1 Å². The first-order chi connectivity index (χ1) is 12.9. The zero-order valence-electron chi connectivity index (χ0n) is 16.9. The van der Waals surface area contributed by atoms with Gasteiger partial charge in [0, 0.05) is 18.2 Å². The zero-order chi connectivity index (χ0) is 19.4. The normalized spacial score (nSPS) is 16.8. The molecule has 1 unspecified atom stereocenters. The highest BCUT2D eigenvalue weighted by atomic mass is 32.2. The molecule has 0 aliphatic carbocycles. The molecule has 5 nitrogen and oxygen atoms in total. The molecule has 0 spiro atoms. The molecule has 3 rings (SSSR count). The molecule has 1 aliphatic rings. The predicted octanol–water partition coefficient (Wildman–Crippen LogP) is 5.38. The maximum atomic E-state index is 6.08. The predicted molar refractivity (Wildman–Crippen MR) is 112 cm³/mol. The number of unbranched alkanes of at least 4 members (excludes halogenated alkanes) is 1. The highest BCUT2D eigenvalue weighted by molar-refractivity contribution is 8.14. The van der Waals surface area contributed by atoms with E-state index in [-0.39, 0.29) is 0 Å². The summed E-state index contributed by atoms with van der Waals surface area (Å²) in [6.07, 6.45) is 3.23. The van der Waals surface area contributed by atoms with Crippen molar-refractivity contribution < 1.29 is 9.26 Å². The fourth-order valence-corrected chi connectivity index (χ4v) is 4.52. The maximum absolute atomic E-state index is 6.08. The fourth-order valence-electron chi connectivity index (χ4n) is 3.20. The SMILES string of the molecule is Cc1nc(-c2cc(C)c(OCCCCC3=NC(C(C)C)CS3)c(C)c2)no1. The number of aliphatic imine (C=N–C) groups is 1. The van der Waals surface area contributed by atoms with E-state index in [9.17, 15) is 0 Å². The Morgan fingerprint density at radius 2 is 1.93 bits per heavy atom. The lowest BCUT2D eigenvalue weighted by atomic mass is 10.1. The highest BCUT2D eigenvalue weighted by Crippen LogP contribution is 2.29. The van der Waals surface area contributed by atoms with Crippen molar-refractivity contribution in [1.29, 1.82) is 0 Å². The molecule has 1 aromatic heterocycles. The Morgan fingerprint density at radius 3 is 2.52 bits per heavy atom. The van der Waals surface area contributed by atoms with Crippen LogP contribution in [-0.4, -0.2) is 33.6 Å². The van der Waals surface area contributed by atoms with Crippen molar-refractivity contribution >= 4 is 16.8 Å². The van der Waals surface area contributed by atoms with E-state index in [0.29, 0.717) is 23.7 Å². The van der Waals surface area contributed by atoms with Gasteiger partial charge in [0.05, 0.1) is 17.7 Å². The van der Waals surface area contributed by atoms with Crippen LogP contribution in [0.15, 0.2) is 21.6 Å². The summed E-state index contributed by atoms with van der Waals surface area (Å²) in [5.74, 6) is 3.95. The Balaban J connectivity index is 1.49. The molecule has 0 fully saturated rings. The van der Waals surface area contributed by atoms with Gasteiger partial charge in [0.25, 0.3) is 0 Å². The molecule has 0 radical (unpaired) electrons. The molecular weight excluding hydrogens is 358 g/mol. The lowest BCUT2D eigenvalue weighted by molar-refractivity contribution is 0.304. The minimum atomic E-state index is 0.507. The van der Waals surface area contributed by atoms with Crippen LogP contribution in [0.5, 0.6) is 5.75 Å². The number of ether oxygens (including phenoxy) is 1. The van der Waals surface area contributed by atoms with Crippen LogP contribution < -0.4 is 4.74 Å². The quantitative estimate of drug-likeness (QED) is 0.569. The van der Waals surface area contributed by atoms with Gasteiger partial charge in [-0.1, -0.05) is 19.0 Å². The second-order valence-electron chi connectivity index (χ2n) is 7.53. The average Bonchev–Trinajstić information content (AvgIpc) is 3.25. The second-order valence-corrected chi connectivity index (χ2v) is 8.62. The number of hydrogen-bond acceptors (Lipinski definition) is 6. The van der Waals surface area contributed by atoms with E-state index >= 15 is 0 Å². The number of nitrogens with zero attached hydrogens (tertiary/aromatic N) is 3. The average molecular weight is 388 g/mol. The summed E-state index contributed by atoms with van der Waals surface area (Å²) in [6.45, 7) is 11.2. The van der Waals surface area contributed by atoms with E-state index in [1.54, 1.807) is 6.92 Å². The summed E-state index contributed by atoms with van der Waals surface area (Å²) in [6, 6.07) is 4.62. The third-order valence-electron chi connectivity index (χ3n) is 4.78. The van der Waals surface area contributed by atoms with Crippen molar-refractivity contribution in [3.05, 3.63) is 29.2 Å². The van der Waals surface area contributed by atoms with Gasteiger partial charge in [-0.15, -0.1) is 11.8 Å². The Labute approximate surface area is 166 Å². The van der Waals surface area contributed by atoms with Crippen LogP contribution in [0.25, 0.3) is 11.4 Å². The van der Waals surface area contributed by atoms with Gasteiger partial charge >= 0.3 is 0 Å². The Bertz CT molecular complexity index is 791. The molecule has 6 heteroatoms. The summed E-state index contributed by atoms with van der Waals surface area (Å²) < 4.78 is 11.2. The van der Waals surface area contributed by atoms with Gasteiger partial charge in [-0.3, -0.25) is 4.99 Å². The van der Waals surface area contributed by atoms with E-state index in [2.05, 4.69) is 50.0 Å². The van der Waals surface area contributed by atoms with Crippen molar-refractivity contribution in [3.8, 4) is 17.1 Å². The van der Waals surface area contributed by atoms with Gasteiger partial charge in [-0.05, 0) is 62.3 Å². The Kier molecular flexibility index (Phi) is 6.58. The van der Waals surface area contributed by atoms with Gasteiger partial charge in [-0.2, -0.15) is 4.98 Å². The van der Waals surface area contributed by atoms with Crippen LogP contribution in [0.2, 0.25) is 0 Å². The van der Waals surface area contributed by atoms with Crippen LogP contribution >= 0.6 is 11.8 Å². The van der Waals surface area contributed by atoms with E-state index in [1.165, 1.54) is 5.04 Å². The minimum absolute atomic E-state index is 0.507. The molecule has 2 heterocycles. The Morgan fingerprint density at radius 1 is 1.19 bits per heavy atom. The highest BCUT2D eigenvalue weighted by Gasteiger charge is 2.20. The molecule has 0 N–H and O–H groups in total. The smallest absolute Gasteiger partial charge is 0.223 e. The van der Waals surface area contributed by atoms with Gasteiger partial charge in [0.2, 0.25) is 11.7 Å². The molecule has 1 aromatic carbocycles. The number of benzene rings is 1. The molecule has 2 aromatic rings. The number of aryl methyl sites for hydroxylation is 3. The number of thioether (sulfide) groups is 1. The monoisotopic (exact) mass is 387 g/mol. The Hall–Kier alpha value is -1.82. The lowest BCUT2D eigenvalue weighted by Gasteiger charge is -2.13. The van der Waals surface area contributed by atoms with Gasteiger partial charge < -0.3 is 9.26 Å². The summed E-state index contributed by atoms with van der Waals surface area (Å²) >= 11 is 1.93. The third kappa shape index (κ3) is 5.12. The van der Waals surface area contributed by atoms with Gasteiger partial charge in [0.1, 0.15) is 5.75 Å². The van der Waals surface area contributed by atoms with Crippen molar-refractivity contribution in [3.63, 3.8) is 0 Å². The van der Waals surface area contributed by atoms with Crippen LogP contribution in [0.1, 0.15) is 50.1 Å². The first kappa shape index (κ1) is 19.9. The van der Waals surface area contributed by atoms with Gasteiger partial charge in [0.15, 0.2) is 0 Å². The third-order valence-corrected chi connectivity index (χ3v) is 5.93. The largest absolute Gasteiger partial charge is 0.493 e.